The molecule has 0 aromatic heterocycles. The van der Waals surface area contributed by atoms with Crippen LogP contribution in [0.1, 0.15) is 6.92 Å². The number of benzene rings is 1. The van der Waals surface area contributed by atoms with Crippen molar-refractivity contribution in [1.29, 1.82) is 0 Å². The molecule has 1 aromatic rings. The van der Waals surface area contributed by atoms with Crippen molar-refractivity contribution in [3.63, 3.8) is 0 Å². The summed E-state index contributed by atoms with van der Waals surface area (Å²) in [5, 5.41) is 8.97. The van der Waals surface area contributed by atoms with Gasteiger partial charge in [0.2, 0.25) is 0 Å². The Hall–Kier alpha value is -0.800. The zero-order valence-electron chi connectivity index (χ0n) is 6.42. The molecule has 0 aliphatic rings. The largest absolute Gasteiger partial charge is 0.464 e. The molecule has 1 atom stereocenters. The van der Waals surface area contributed by atoms with Crippen LogP contribution in [0.4, 0.5) is 4.39 Å². The van der Waals surface area contributed by atoms with Gasteiger partial charge in [-0.05, 0) is 25.1 Å². The summed E-state index contributed by atoms with van der Waals surface area (Å²) in [6, 6.07) is 3.70. The minimum absolute atomic E-state index is 0.149. The first-order chi connectivity index (χ1) is 5.59. The first-order valence-corrected chi connectivity index (χ1v) is 3.77. The van der Waals surface area contributed by atoms with Crippen molar-refractivity contribution in [1.82, 2.24) is 0 Å². The molecule has 0 fully saturated rings. The first kappa shape index (κ1) is 9.29. The Kier molecular flexibility index (Phi) is 2.89. The van der Waals surface area contributed by atoms with E-state index in [4.69, 9.17) is 21.4 Å². The summed E-state index contributed by atoms with van der Waals surface area (Å²) in [7, 11) is 0. The van der Waals surface area contributed by atoms with Gasteiger partial charge in [-0.3, -0.25) is 0 Å². The van der Waals surface area contributed by atoms with E-state index in [0.29, 0.717) is 0 Å². The number of ether oxygens (including phenoxy) is 1. The third-order valence-corrected chi connectivity index (χ3v) is 1.49. The van der Waals surface area contributed by atoms with E-state index in [-0.39, 0.29) is 10.8 Å². The quantitative estimate of drug-likeness (QED) is 0.725. The van der Waals surface area contributed by atoms with Crippen molar-refractivity contribution in [3.05, 3.63) is 29.0 Å². The fourth-order valence-electron chi connectivity index (χ4n) is 0.755. The van der Waals surface area contributed by atoms with E-state index in [1.165, 1.54) is 19.1 Å². The van der Waals surface area contributed by atoms with Crippen molar-refractivity contribution < 1.29 is 14.2 Å². The van der Waals surface area contributed by atoms with Gasteiger partial charge in [0.05, 0.1) is 5.02 Å². The first-order valence-electron chi connectivity index (χ1n) is 3.39. The third-order valence-electron chi connectivity index (χ3n) is 1.19. The zero-order chi connectivity index (χ0) is 9.14. The number of aliphatic hydroxyl groups excluding tert-OH is 1. The predicted octanol–water partition coefficient (Wildman–Crippen LogP) is 2.20. The highest BCUT2D eigenvalue weighted by Crippen LogP contribution is 2.25. The Morgan fingerprint density at radius 1 is 1.58 bits per heavy atom. The molecule has 1 rings (SSSR count). The van der Waals surface area contributed by atoms with Crippen LogP contribution in [-0.4, -0.2) is 11.4 Å². The lowest BCUT2D eigenvalue weighted by Gasteiger charge is -2.09. The Balaban J connectivity index is 2.86. The highest BCUT2D eigenvalue weighted by molar-refractivity contribution is 6.32. The van der Waals surface area contributed by atoms with Crippen LogP contribution < -0.4 is 4.74 Å². The van der Waals surface area contributed by atoms with Gasteiger partial charge in [-0.25, -0.2) is 4.39 Å². The van der Waals surface area contributed by atoms with Gasteiger partial charge in [-0.2, -0.15) is 0 Å². The van der Waals surface area contributed by atoms with E-state index in [2.05, 4.69) is 0 Å². The number of hydrogen-bond donors (Lipinski definition) is 1. The van der Waals surface area contributed by atoms with Gasteiger partial charge >= 0.3 is 0 Å². The van der Waals surface area contributed by atoms with Crippen LogP contribution in [0.5, 0.6) is 5.75 Å². The number of rotatable bonds is 2. The lowest BCUT2D eigenvalue weighted by atomic mass is 10.3. The molecule has 12 heavy (non-hydrogen) atoms. The normalized spacial score (nSPS) is 12.7. The highest BCUT2D eigenvalue weighted by atomic mass is 35.5. The average Bonchev–Trinajstić information content (AvgIpc) is 1.94. The molecule has 0 bridgehead atoms. The van der Waals surface area contributed by atoms with E-state index in [0.717, 1.165) is 6.07 Å². The molecule has 0 heterocycles. The molecule has 1 aromatic carbocycles. The van der Waals surface area contributed by atoms with Gasteiger partial charge in [0.15, 0.2) is 6.29 Å². The number of hydrogen-bond acceptors (Lipinski definition) is 2. The second kappa shape index (κ2) is 3.74. The van der Waals surface area contributed by atoms with Crippen molar-refractivity contribution in [2.24, 2.45) is 0 Å². The fourth-order valence-corrected chi connectivity index (χ4v) is 0.966. The Labute approximate surface area is 74.5 Å². The van der Waals surface area contributed by atoms with E-state index in [1.54, 1.807) is 0 Å². The second-order valence-corrected chi connectivity index (χ2v) is 2.70. The second-order valence-electron chi connectivity index (χ2n) is 2.29. The fraction of sp³-hybridized carbons (Fsp3) is 0.250. The van der Waals surface area contributed by atoms with Gasteiger partial charge in [-0.1, -0.05) is 11.6 Å². The summed E-state index contributed by atoms with van der Waals surface area (Å²) in [5.74, 6) is -0.161. The van der Waals surface area contributed by atoms with Crippen LogP contribution in [0.3, 0.4) is 0 Å². The van der Waals surface area contributed by atoms with Crippen LogP contribution in [0.2, 0.25) is 5.02 Å². The van der Waals surface area contributed by atoms with E-state index in [9.17, 15) is 4.39 Å². The standard InChI is InChI=1S/C8H8ClFO2/c1-5(11)12-8-3-2-6(10)4-7(8)9/h2-5,11H,1H3. The maximum atomic E-state index is 12.5. The molecule has 0 saturated heterocycles. The van der Waals surface area contributed by atoms with Crippen molar-refractivity contribution in [2.45, 2.75) is 13.2 Å². The highest BCUT2D eigenvalue weighted by Gasteiger charge is 2.04. The molecule has 66 valence electrons. The average molecular weight is 191 g/mol. The predicted molar refractivity (Wildman–Crippen MR) is 43.7 cm³/mol. The Morgan fingerprint density at radius 3 is 2.75 bits per heavy atom. The molecule has 1 N–H and O–H groups in total. The van der Waals surface area contributed by atoms with E-state index < -0.39 is 12.1 Å². The molecular weight excluding hydrogens is 183 g/mol. The van der Waals surface area contributed by atoms with Gasteiger partial charge < -0.3 is 9.84 Å². The summed E-state index contributed by atoms with van der Waals surface area (Å²) in [6.45, 7) is 1.44. The molecule has 0 aliphatic carbocycles. The van der Waals surface area contributed by atoms with Crippen molar-refractivity contribution >= 4 is 11.6 Å². The van der Waals surface area contributed by atoms with E-state index in [1.807, 2.05) is 0 Å². The number of aliphatic hydroxyl groups is 1. The van der Waals surface area contributed by atoms with Gasteiger partial charge in [0.1, 0.15) is 11.6 Å². The Bertz CT molecular complexity index is 276. The lowest BCUT2D eigenvalue weighted by molar-refractivity contribution is -0.000278. The summed E-state index contributed by atoms with van der Waals surface area (Å²) >= 11 is 5.60. The zero-order valence-corrected chi connectivity index (χ0v) is 7.18. The van der Waals surface area contributed by atoms with Crippen molar-refractivity contribution in [2.75, 3.05) is 0 Å². The lowest BCUT2D eigenvalue weighted by Crippen LogP contribution is -2.09. The van der Waals surface area contributed by atoms with Crippen LogP contribution >= 0.6 is 11.6 Å². The van der Waals surface area contributed by atoms with Gasteiger partial charge in [0.25, 0.3) is 0 Å². The molecule has 4 heteroatoms. The molecule has 0 aliphatic heterocycles. The van der Waals surface area contributed by atoms with Gasteiger partial charge in [-0.15, -0.1) is 0 Å². The van der Waals surface area contributed by atoms with Gasteiger partial charge in [0, 0.05) is 0 Å². The minimum Gasteiger partial charge on any atom is -0.464 e. The molecule has 1 unspecified atom stereocenters. The van der Waals surface area contributed by atoms with Crippen LogP contribution in [0.25, 0.3) is 0 Å². The maximum absolute atomic E-state index is 12.5. The molecule has 0 spiro atoms. The molecule has 0 amide bonds. The molecule has 0 radical (unpaired) electrons. The Morgan fingerprint density at radius 2 is 2.25 bits per heavy atom. The third kappa shape index (κ3) is 2.36. The van der Waals surface area contributed by atoms with Crippen LogP contribution in [0, 0.1) is 5.82 Å². The smallest absolute Gasteiger partial charge is 0.194 e. The molecule has 2 nitrogen and oxygen atoms in total. The summed E-state index contributed by atoms with van der Waals surface area (Å²) in [6.07, 6.45) is -0.951. The summed E-state index contributed by atoms with van der Waals surface area (Å²) in [4.78, 5) is 0. The summed E-state index contributed by atoms with van der Waals surface area (Å²) in [5.41, 5.74) is 0. The van der Waals surface area contributed by atoms with Crippen LogP contribution in [-0.2, 0) is 0 Å². The van der Waals surface area contributed by atoms with E-state index >= 15 is 0 Å². The molecular formula is C8H8ClFO2. The monoisotopic (exact) mass is 190 g/mol. The molecule has 0 saturated carbocycles. The number of halogens is 2. The SMILES string of the molecule is CC(O)Oc1ccc(F)cc1Cl. The van der Waals surface area contributed by atoms with Crippen LogP contribution in [0.15, 0.2) is 18.2 Å². The maximum Gasteiger partial charge on any atom is 0.194 e. The summed E-state index contributed by atoms with van der Waals surface area (Å²) < 4.78 is 17.3. The minimum atomic E-state index is -0.951. The van der Waals surface area contributed by atoms with Crippen molar-refractivity contribution in [3.8, 4) is 5.75 Å². The topological polar surface area (TPSA) is 29.5 Å².